The van der Waals surface area contributed by atoms with Crippen molar-refractivity contribution in [1.29, 1.82) is 0 Å². The number of benzene rings is 1. The molecular formula is C38H56N8O5. The average molecular weight is 705 g/mol. The van der Waals surface area contributed by atoms with Crippen molar-refractivity contribution >= 4 is 46.8 Å². The van der Waals surface area contributed by atoms with Crippen molar-refractivity contribution in [2.75, 3.05) is 42.7 Å². The highest BCUT2D eigenvalue weighted by Gasteiger charge is 2.40. The van der Waals surface area contributed by atoms with Crippen LogP contribution in [0.2, 0.25) is 0 Å². The fourth-order valence-corrected chi connectivity index (χ4v) is 5.71. The van der Waals surface area contributed by atoms with Crippen LogP contribution in [0.25, 0.3) is 5.65 Å². The lowest BCUT2D eigenvalue weighted by Gasteiger charge is -2.45. The number of ether oxygens (including phenoxy) is 2. The lowest BCUT2D eigenvalue weighted by molar-refractivity contribution is -0.111. The van der Waals surface area contributed by atoms with Gasteiger partial charge in [-0.15, -0.1) is 0 Å². The quantitative estimate of drug-likeness (QED) is 0.216. The van der Waals surface area contributed by atoms with Crippen LogP contribution in [0.1, 0.15) is 93.6 Å². The lowest BCUT2D eigenvalue weighted by Crippen LogP contribution is -2.57. The van der Waals surface area contributed by atoms with Gasteiger partial charge in [0.05, 0.1) is 11.9 Å². The van der Waals surface area contributed by atoms with Crippen LogP contribution in [-0.4, -0.2) is 92.5 Å². The molecule has 1 aromatic carbocycles. The molecule has 3 heterocycles. The van der Waals surface area contributed by atoms with E-state index in [2.05, 4.69) is 29.6 Å². The summed E-state index contributed by atoms with van der Waals surface area (Å²) in [4.78, 5) is 50.4. The van der Waals surface area contributed by atoms with Crippen molar-refractivity contribution in [2.45, 2.75) is 111 Å². The molecule has 1 saturated heterocycles. The molecule has 0 saturated carbocycles. The summed E-state index contributed by atoms with van der Waals surface area (Å²) in [6, 6.07) is 8.63. The van der Waals surface area contributed by atoms with Crippen LogP contribution >= 0.6 is 0 Å². The highest BCUT2D eigenvalue weighted by molar-refractivity contribution is 6.01. The third-order valence-corrected chi connectivity index (χ3v) is 8.22. The molecule has 4 rings (SSSR count). The monoisotopic (exact) mass is 704 g/mol. The molecule has 1 fully saturated rings. The van der Waals surface area contributed by atoms with Crippen molar-refractivity contribution in [1.82, 2.24) is 24.4 Å². The maximum Gasteiger partial charge on any atom is 0.420 e. The first-order valence-corrected chi connectivity index (χ1v) is 17.5. The van der Waals surface area contributed by atoms with E-state index in [9.17, 15) is 14.4 Å². The van der Waals surface area contributed by atoms with Crippen LogP contribution in [0, 0.1) is 0 Å². The van der Waals surface area contributed by atoms with Gasteiger partial charge in [-0.2, -0.15) is 9.61 Å². The fraction of sp³-hybridized carbons (Fsp3) is 0.553. The predicted octanol–water partition coefficient (Wildman–Crippen LogP) is 7.57. The van der Waals surface area contributed by atoms with E-state index in [0.29, 0.717) is 41.7 Å². The SMILES string of the molecule is CC(C)c1cnn2c(N(C(=O)OC(C)(C)C)c3cccc(NC(=O)/C=C/CN(C)C)c3)cc(N[C@H]3CCC(C)(C)N(C(=O)OC(C)(C)C)C3)nc12. The van der Waals surface area contributed by atoms with Gasteiger partial charge in [-0.05, 0) is 106 Å². The number of anilines is 4. The number of hydrogen-bond acceptors (Lipinski definition) is 9. The lowest BCUT2D eigenvalue weighted by atomic mass is 9.88. The van der Waals surface area contributed by atoms with Crippen LogP contribution in [0.3, 0.4) is 0 Å². The van der Waals surface area contributed by atoms with Gasteiger partial charge in [0, 0.05) is 48.1 Å². The van der Waals surface area contributed by atoms with Crippen molar-refractivity contribution in [3.8, 4) is 0 Å². The maximum absolute atomic E-state index is 14.1. The zero-order chi connectivity index (χ0) is 37.9. The number of carbonyl (C=O) groups is 3. The number of rotatable bonds is 9. The molecule has 13 heteroatoms. The van der Waals surface area contributed by atoms with E-state index in [1.165, 1.54) is 11.0 Å². The standard InChI is InChI=1S/C38H56N8O5/c1-25(2)29-23-39-46-32(22-30(42-33(29)46)40-27-18-19-38(9,10)44(24-27)34(48)50-36(3,4)5)45(35(49)51-37(6,7)8)28-16-13-15-26(21-28)41-31(47)17-14-20-43(11)12/h13-17,21-23,25,27H,18-20,24H2,1-12H3,(H,40,42)(H,41,47)/b17-14+/t27-/m0/s1. The second kappa shape index (κ2) is 15.3. The van der Waals surface area contributed by atoms with Crippen LogP contribution < -0.4 is 15.5 Å². The Hall–Kier alpha value is -4.65. The topological polar surface area (TPSA) is 134 Å². The highest BCUT2D eigenvalue weighted by atomic mass is 16.6. The number of hydrogen-bond donors (Lipinski definition) is 2. The number of likely N-dealkylation sites (tertiary alicyclic amines) is 1. The largest absolute Gasteiger partial charge is 0.444 e. The number of nitrogens with zero attached hydrogens (tertiary/aromatic N) is 6. The summed E-state index contributed by atoms with van der Waals surface area (Å²) < 4.78 is 13.4. The number of aromatic nitrogens is 3. The molecule has 2 aromatic heterocycles. The van der Waals surface area contributed by atoms with E-state index < -0.39 is 22.8 Å². The van der Waals surface area contributed by atoms with Crippen molar-refractivity contribution < 1.29 is 23.9 Å². The van der Waals surface area contributed by atoms with E-state index in [4.69, 9.17) is 14.5 Å². The molecule has 13 nitrogen and oxygen atoms in total. The summed E-state index contributed by atoms with van der Waals surface area (Å²) in [5.41, 5.74) is 0.602. The minimum atomic E-state index is -0.807. The molecular weight excluding hydrogens is 648 g/mol. The van der Waals surface area contributed by atoms with E-state index in [0.717, 1.165) is 18.4 Å². The molecule has 0 bridgehead atoms. The third kappa shape index (κ3) is 10.4. The number of carbonyl (C=O) groups excluding carboxylic acids is 3. The van der Waals surface area contributed by atoms with E-state index in [1.807, 2.05) is 53.6 Å². The Morgan fingerprint density at radius 3 is 2.37 bits per heavy atom. The Balaban J connectivity index is 1.79. The molecule has 1 aliphatic heterocycles. The highest BCUT2D eigenvalue weighted by Crippen LogP contribution is 2.35. The minimum absolute atomic E-state index is 0.0882. The van der Waals surface area contributed by atoms with Gasteiger partial charge >= 0.3 is 12.2 Å². The average Bonchev–Trinajstić information content (AvgIpc) is 3.41. The van der Waals surface area contributed by atoms with Gasteiger partial charge in [-0.25, -0.2) is 19.5 Å². The third-order valence-electron chi connectivity index (χ3n) is 8.22. The maximum atomic E-state index is 14.1. The molecule has 51 heavy (non-hydrogen) atoms. The molecule has 0 aliphatic carbocycles. The summed E-state index contributed by atoms with van der Waals surface area (Å²) in [5.74, 6) is 0.696. The van der Waals surface area contributed by atoms with Crippen LogP contribution in [0.4, 0.5) is 32.6 Å². The van der Waals surface area contributed by atoms with Gasteiger partial charge in [-0.3, -0.25) is 4.79 Å². The van der Waals surface area contributed by atoms with Crippen molar-refractivity contribution in [3.05, 3.63) is 54.2 Å². The van der Waals surface area contributed by atoms with Gasteiger partial charge in [0.25, 0.3) is 0 Å². The molecule has 1 aliphatic rings. The second-order valence-electron chi connectivity index (χ2n) is 16.3. The number of fused-ring (bicyclic) bond motifs is 1. The van der Waals surface area contributed by atoms with E-state index in [-0.39, 0.29) is 24.0 Å². The summed E-state index contributed by atoms with van der Waals surface area (Å²) in [5, 5.41) is 11.1. The molecule has 278 valence electrons. The van der Waals surface area contributed by atoms with Gasteiger partial charge in [-0.1, -0.05) is 26.0 Å². The molecule has 3 amide bonds. The summed E-state index contributed by atoms with van der Waals surface area (Å²) in [6.07, 6.45) is 5.55. The van der Waals surface area contributed by atoms with Crippen LogP contribution in [-0.2, 0) is 14.3 Å². The predicted molar refractivity (Wildman–Crippen MR) is 202 cm³/mol. The summed E-state index contributed by atoms with van der Waals surface area (Å²) in [6.45, 7) is 20.2. The van der Waals surface area contributed by atoms with Crippen molar-refractivity contribution in [3.63, 3.8) is 0 Å². The zero-order valence-corrected chi connectivity index (χ0v) is 32.3. The van der Waals surface area contributed by atoms with Gasteiger partial charge in [0.1, 0.15) is 22.8 Å². The second-order valence-corrected chi connectivity index (χ2v) is 16.3. The number of amides is 3. The first kappa shape index (κ1) is 39.1. The first-order valence-electron chi connectivity index (χ1n) is 17.5. The van der Waals surface area contributed by atoms with E-state index in [1.54, 1.807) is 72.8 Å². The van der Waals surface area contributed by atoms with Gasteiger partial charge in [0.15, 0.2) is 5.65 Å². The first-order chi connectivity index (χ1) is 23.6. The normalized spacial score (nSPS) is 16.5. The molecule has 0 unspecified atom stereocenters. The molecule has 3 aromatic rings. The Labute approximate surface area is 302 Å². The van der Waals surface area contributed by atoms with Crippen molar-refractivity contribution in [2.24, 2.45) is 0 Å². The Morgan fingerprint density at radius 2 is 1.75 bits per heavy atom. The molecule has 0 radical (unpaired) electrons. The fourth-order valence-electron chi connectivity index (χ4n) is 5.71. The van der Waals surface area contributed by atoms with Crippen LogP contribution in [0.15, 0.2) is 48.7 Å². The van der Waals surface area contributed by atoms with Gasteiger partial charge in [0.2, 0.25) is 5.91 Å². The Morgan fingerprint density at radius 1 is 1.06 bits per heavy atom. The number of nitrogens with one attached hydrogen (secondary N) is 2. The summed E-state index contributed by atoms with van der Waals surface area (Å²) in [7, 11) is 3.85. The Bertz CT molecular complexity index is 1750. The minimum Gasteiger partial charge on any atom is -0.444 e. The number of piperidine rings is 1. The molecule has 0 spiro atoms. The van der Waals surface area contributed by atoms with Gasteiger partial charge < -0.3 is 29.9 Å². The Kier molecular flexibility index (Phi) is 11.7. The zero-order valence-electron chi connectivity index (χ0n) is 32.3. The van der Waals surface area contributed by atoms with E-state index >= 15 is 0 Å². The smallest absolute Gasteiger partial charge is 0.420 e. The molecule has 1 atom stereocenters. The number of likely N-dealkylation sites (N-methyl/N-ethyl adjacent to an activating group) is 1. The van der Waals surface area contributed by atoms with Crippen LogP contribution in [0.5, 0.6) is 0 Å². The summed E-state index contributed by atoms with van der Waals surface area (Å²) >= 11 is 0. The molecule has 2 N–H and O–H groups in total.